The molecule has 1 aromatic carbocycles. The first-order chi connectivity index (χ1) is 7.54. The summed E-state index contributed by atoms with van der Waals surface area (Å²) in [6.07, 6.45) is 0. The van der Waals surface area contributed by atoms with E-state index < -0.39 is 0 Å². The summed E-state index contributed by atoms with van der Waals surface area (Å²) in [5, 5.41) is 11.8. The Kier molecular flexibility index (Phi) is 4.50. The maximum atomic E-state index is 11.8. The van der Waals surface area contributed by atoms with Crippen molar-refractivity contribution in [2.45, 2.75) is 33.4 Å². The van der Waals surface area contributed by atoms with Gasteiger partial charge in [-0.05, 0) is 30.5 Å². The SMILES string of the molecule is CC(C)C(C)NC(=O)c1ccc(CO)cc1. The summed E-state index contributed by atoms with van der Waals surface area (Å²) in [5.41, 5.74) is 1.44. The zero-order valence-corrected chi connectivity index (χ0v) is 10.0. The monoisotopic (exact) mass is 221 g/mol. The molecule has 1 atom stereocenters. The van der Waals surface area contributed by atoms with E-state index in [1.54, 1.807) is 24.3 Å². The maximum absolute atomic E-state index is 11.8. The minimum atomic E-state index is -0.0642. The van der Waals surface area contributed by atoms with Crippen LogP contribution in [0.25, 0.3) is 0 Å². The smallest absolute Gasteiger partial charge is 0.251 e. The first-order valence-electron chi connectivity index (χ1n) is 5.55. The molecule has 2 N–H and O–H groups in total. The Morgan fingerprint density at radius 1 is 1.25 bits per heavy atom. The van der Waals surface area contributed by atoms with E-state index in [2.05, 4.69) is 19.2 Å². The molecule has 0 aliphatic rings. The molecule has 1 aromatic rings. The molecule has 3 nitrogen and oxygen atoms in total. The quantitative estimate of drug-likeness (QED) is 0.816. The van der Waals surface area contributed by atoms with Gasteiger partial charge in [-0.1, -0.05) is 26.0 Å². The fourth-order valence-corrected chi connectivity index (χ4v) is 1.22. The second-order valence-corrected chi connectivity index (χ2v) is 4.36. The molecule has 0 aliphatic heterocycles. The average Bonchev–Trinajstić information content (AvgIpc) is 2.28. The molecule has 88 valence electrons. The Morgan fingerprint density at radius 2 is 1.81 bits per heavy atom. The molecule has 0 saturated heterocycles. The molecule has 0 radical (unpaired) electrons. The van der Waals surface area contributed by atoms with Crippen LogP contribution in [0.2, 0.25) is 0 Å². The molecule has 0 saturated carbocycles. The Hall–Kier alpha value is -1.35. The standard InChI is InChI=1S/C13H19NO2/c1-9(2)10(3)14-13(16)12-6-4-11(8-15)5-7-12/h4-7,9-10,15H,8H2,1-3H3,(H,14,16). The highest BCUT2D eigenvalue weighted by atomic mass is 16.3. The van der Waals surface area contributed by atoms with Crippen LogP contribution in [0.3, 0.4) is 0 Å². The molecule has 0 fully saturated rings. The molecule has 0 aliphatic carbocycles. The lowest BCUT2D eigenvalue weighted by atomic mass is 10.1. The van der Waals surface area contributed by atoms with Gasteiger partial charge in [0.2, 0.25) is 0 Å². The van der Waals surface area contributed by atoms with Crippen molar-refractivity contribution in [3.8, 4) is 0 Å². The average molecular weight is 221 g/mol. The van der Waals surface area contributed by atoms with E-state index >= 15 is 0 Å². The fourth-order valence-electron chi connectivity index (χ4n) is 1.22. The van der Waals surface area contributed by atoms with E-state index in [4.69, 9.17) is 5.11 Å². The van der Waals surface area contributed by atoms with Crippen molar-refractivity contribution >= 4 is 5.91 Å². The summed E-state index contributed by atoms with van der Waals surface area (Å²) in [4.78, 5) is 11.8. The molecule has 0 spiro atoms. The predicted molar refractivity (Wildman–Crippen MR) is 64.1 cm³/mol. The number of hydrogen-bond donors (Lipinski definition) is 2. The molecular weight excluding hydrogens is 202 g/mol. The first-order valence-corrected chi connectivity index (χ1v) is 5.55. The Bertz CT molecular complexity index is 343. The summed E-state index contributed by atoms with van der Waals surface area (Å²) in [6, 6.07) is 7.14. The third kappa shape index (κ3) is 3.35. The molecule has 0 heterocycles. The highest BCUT2D eigenvalue weighted by molar-refractivity contribution is 5.94. The van der Waals surface area contributed by atoms with Crippen molar-refractivity contribution in [3.05, 3.63) is 35.4 Å². The number of rotatable bonds is 4. The van der Waals surface area contributed by atoms with Crippen molar-refractivity contribution in [2.24, 2.45) is 5.92 Å². The zero-order valence-electron chi connectivity index (χ0n) is 10.0. The van der Waals surface area contributed by atoms with Gasteiger partial charge < -0.3 is 10.4 Å². The first kappa shape index (κ1) is 12.7. The number of hydrogen-bond acceptors (Lipinski definition) is 2. The van der Waals surface area contributed by atoms with Gasteiger partial charge in [0.05, 0.1) is 6.61 Å². The van der Waals surface area contributed by atoms with E-state index in [9.17, 15) is 4.79 Å². The highest BCUT2D eigenvalue weighted by Crippen LogP contribution is 2.06. The number of benzene rings is 1. The van der Waals surface area contributed by atoms with Gasteiger partial charge in [0.15, 0.2) is 0 Å². The second-order valence-electron chi connectivity index (χ2n) is 4.36. The number of nitrogens with one attached hydrogen (secondary N) is 1. The summed E-state index contributed by atoms with van der Waals surface area (Å²) < 4.78 is 0. The Balaban J connectivity index is 2.66. The minimum Gasteiger partial charge on any atom is -0.392 e. The van der Waals surface area contributed by atoms with E-state index in [0.29, 0.717) is 11.5 Å². The van der Waals surface area contributed by atoms with Crippen LogP contribution in [0.15, 0.2) is 24.3 Å². The molecule has 1 unspecified atom stereocenters. The van der Waals surface area contributed by atoms with Gasteiger partial charge >= 0.3 is 0 Å². The molecule has 3 heteroatoms. The number of carbonyl (C=O) groups is 1. The number of aliphatic hydroxyl groups is 1. The lowest BCUT2D eigenvalue weighted by Crippen LogP contribution is -2.36. The van der Waals surface area contributed by atoms with Crippen LogP contribution >= 0.6 is 0 Å². The van der Waals surface area contributed by atoms with Gasteiger partial charge in [-0.25, -0.2) is 0 Å². The van der Waals surface area contributed by atoms with Crippen LogP contribution in [-0.4, -0.2) is 17.1 Å². The number of carbonyl (C=O) groups excluding carboxylic acids is 1. The van der Waals surface area contributed by atoms with Crippen molar-refractivity contribution < 1.29 is 9.90 Å². The third-order valence-corrected chi connectivity index (χ3v) is 2.76. The molecular formula is C13H19NO2. The van der Waals surface area contributed by atoms with E-state index in [1.807, 2.05) is 6.92 Å². The molecule has 1 amide bonds. The van der Waals surface area contributed by atoms with Crippen LogP contribution in [0.1, 0.15) is 36.7 Å². The fraction of sp³-hybridized carbons (Fsp3) is 0.462. The number of aliphatic hydroxyl groups excluding tert-OH is 1. The van der Waals surface area contributed by atoms with Gasteiger partial charge in [0, 0.05) is 11.6 Å². The Morgan fingerprint density at radius 3 is 2.25 bits per heavy atom. The van der Waals surface area contributed by atoms with Crippen LogP contribution in [-0.2, 0) is 6.61 Å². The topological polar surface area (TPSA) is 49.3 Å². The van der Waals surface area contributed by atoms with Crippen LogP contribution in [0.4, 0.5) is 0 Å². The zero-order chi connectivity index (χ0) is 12.1. The molecule has 0 aromatic heterocycles. The van der Waals surface area contributed by atoms with Gasteiger partial charge in [0.25, 0.3) is 5.91 Å². The minimum absolute atomic E-state index is 0.00426. The summed E-state index contributed by atoms with van der Waals surface area (Å²) in [6.45, 7) is 6.13. The van der Waals surface area contributed by atoms with Crippen molar-refractivity contribution in [1.82, 2.24) is 5.32 Å². The van der Waals surface area contributed by atoms with E-state index in [1.165, 1.54) is 0 Å². The van der Waals surface area contributed by atoms with E-state index in [0.717, 1.165) is 5.56 Å². The van der Waals surface area contributed by atoms with Gasteiger partial charge in [-0.2, -0.15) is 0 Å². The summed E-state index contributed by atoms with van der Waals surface area (Å²) >= 11 is 0. The third-order valence-electron chi connectivity index (χ3n) is 2.76. The van der Waals surface area contributed by atoms with Crippen LogP contribution in [0, 0.1) is 5.92 Å². The second kappa shape index (κ2) is 5.66. The molecule has 16 heavy (non-hydrogen) atoms. The van der Waals surface area contributed by atoms with Gasteiger partial charge in [-0.3, -0.25) is 4.79 Å². The molecule has 0 bridgehead atoms. The highest BCUT2D eigenvalue weighted by Gasteiger charge is 2.11. The lowest BCUT2D eigenvalue weighted by Gasteiger charge is -2.17. The summed E-state index contributed by atoms with van der Waals surface area (Å²) in [7, 11) is 0. The largest absolute Gasteiger partial charge is 0.392 e. The molecule has 1 rings (SSSR count). The van der Waals surface area contributed by atoms with Crippen molar-refractivity contribution in [3.63, 3.8) is 0 Å². The lowest BCUT2D eigenvalue weighted by molar-refractivity contribution is 0.0930. The Labute approximate surface area is 96.5 Å². The van der Waals surface area contributed by atoms with E-state index in [-0.39, 0.29) is 18.6 Å². The van der Waals surface area contributed by atoms with Gasteiger partial charge in [-0.15, -0.1) is 0 Å². The van der Waals surface area contributed by atoms with Crippen molar-refractivity contribution in [1.29, 1.82) is 0 Å². The van der Waals surface area contributed by atoms with Gasteiger partial charge in [0.1, 0.15) is 0 Å². The van der Waals surface area contributed by atoms with Crippen LogP contribution in [0.5, 0.6) is 0 Å². The normalized spacial score (nSPS) is 12.6. The summed E-state index contributed by atoms with van der Waals surface area (Å²) in [5.74, 6) is 0.353. The van der Waals surface area contributed by atoms with Crippen molar-refractivity contribution in [2.75, 3.05) is 0 Å². The number of amides is 1. The predicted octanol–water partition coefficient (Wildman–Crippen LogP) is 1.95. The van der Waals surface area contributed by atoms with Crippen LogP contribution < -0.4 is 5.32 Å². The maximum Gasteiger partial charge on any atom is 0.251 e.